The van der Waals surface area contributed by atoms with Crippen molar-refractivity contribution in [2.24, 2.45) is 0 Å². The third kappa shape index (κ3) is 3.79. The van der Waals surface area contributed by atoms with Crippen LogP contribution in [-0.2, 0) is 6.61 Å². The lowest BCUT2D eigenvalue weighted by atomic mass is 10.0. The Kier molecular flexibility index (Phi) is 5.28. The number of rotatable bonds is 6. The molecule has 0 saturated carbocycles. The molecule has 2 aromatic carbocycles. The second kappa shape index (κ2) is 7.18. The van der Waals surface area contributed by atoms with E-state index in [1.54, 1.807) is 0 Å². The zero-order valence-electron chi connectivity index (χ0n) is 12.2. The monoisotopic (exact) mass is 291 g/mol. The number of hydrogen-bond donors (Lipinski definition) is 1. The molecule has 0 amide bonds. The standard InChI is InChI=1S/C17H19F2NO/c1-3-16(20-2)14-6-4-5-7-17(14)21-11-12-10-13(18)8-9-15(12)19/h4-10,16,20H,3,11H2,1-2H3. The summed E-state index contributed by atoms with van der Waals surface area (Å²) < 4.78 is 32.5. The molecular formula is C17H19F2NO. The molecule has 0 spiro atoms. The van der Waals surface area contributed by atoms with Crippen LogP contribution in [0.5, 0.6) is 5.75 Å². The second-order valence-electron chi connectivity index (χ2n) is 4.81. The first kappa shape index (κ1) is 15.4. The van der Waals surface area contributed by atoms with E-state index < -0.39 is 11.6 Å². The largest absolute Gasteiger partial charge is 0.488 e. The van der Waals surface area contributed by atoms with Gasteiger partial charge in [0.2, 0.25) is 0 Å². The van der Waals surface area contributed by atoms with Crippen LogP contribution in [0.25, 0.3) is 0 Å². The third-order valence-electron chi connectivity index (χ3n) is 3.44. The molecule has 1 atom stereocenters. The van der Waals surface area contributed by atoms with Gasteiger partial charge in [-0.3, -0.25) is 0 Å². The van der Waals surface area contributed by atoms with Gasteiger partial charge in [0.1, 0.15) is 24.0 Å². The lowest BCUT2D eigenvalue weighted by Gasteiger charge is -2.18. The van der Waals surface area contributed by atoms with Crippen molar-refractivity contribution in [2.75, 3.05) is 7.05 Å². The van der Waals surface area contributed by atoms with E-state index in [9.17, 15) is 8.78 Å². The van der Waals surface area contributed by atoms with Crippen LogP contribution in [0.3, 0.4) is 0 Å². The quantitative estimate of drug-likeness (QED) is 0.860. The van der Waals surface area contributed by atoms with Crippen LogP contribution < -0.4 is 10.1 Å². The molecule has 0 bridgehead atoms. The van der Waals surface area contributed by atoms with Gasteiger partial charge in [-0.25, -0.2) is 8.78 Å². The maximum atomic E-state index is 13.6. The number of benzene rings is 2. The highest BCUT2D eigenvalue weighted by molar-refractivity contribution is 5.36. The van der Waals surface area contributed by atoms with E-state index in [2.05, 4.69) is 12.2 Å². The molecule has 0 heterocycles. The Morgan fingerprint density at radius 3 is 2.62 bits per heavy atom. The van der Waals surface area contributed by atoms with E-state index in [4.69, 9.17) is 4.74 Å². The number of nitrogens with one attached hydrogen (secondary N) is 1. The molecule has 1 unspecified atom stereocenters. The number of para-hydroxylation sites is 1. The SMILES string of the molecule is CCC(NC)c1ccccc1OCc1cc(F)ccc1F. The lowest BCUT2D eigenvalue weighted by Crippen LogP contribution is -2.16. The fourth-order valence-corrected chi connectivity index (χ4v) is 2.29. The topological polar surface area (TPSA) is 21.3 Å². The fourth-order valence-electron chi connectivity index (χ4n) is 2.29. The zero-order valence-corrected chi connectivity index (χ0v) is 12.2. The van der Waals surface area contributed by atoms with Gasteiger partial charge in [-0.1, -0.05) is 25.1 Å². The lowest BCUT2D eigenvalue weighted by molar-refractivity contribution is 0.292. The van der Waals surface area contributed by atoms with Gasteiger partial charge in [-0.05, 0) is 37.7 Å². The molecule has 4 heteroatoms. The summed E-state index contributed by atoms with van der Waals surface area (Å²) in [4.78, 5) is 0. The Morgan fingerprint density at radius 2 is 1.90 bits per heavy atom. The molecule has 0 aliphatic rings. The van der Waals surface area contributed by atoms with Crippen molar-refractivity contribution in [3.63, 3.8) is 0 Å². The molecule has 2 nitrogen and oxygen atoms in total. The van der Waals surface area contributed by atoms with Gasteiger partial charge in [0, 0.05) is 17.2 Å². The minimum absolute atomic E-state index is 0.000749. The van der Waals surface area contributed by atoms with Gasteiger partial charge in [0.05, 0.1) is 0 Å². The Morgan fingerprint density at radius 1 is 1.14 bits per heavy atom. The minimum atomic E-state index is -0.468. The van der Waals surface area contributed by atoms with E-state index in [0.717, 1.165) is 30.2 Å². The van der Waals surface area contributed by atoms with Crippen molar-refractivity contribution in [1.29, 1.82) is 0 Å². The molecule has 0 radical (unpaired) electrons. The Balaban J connectivity index is 2.18. The first-order valence-electron chi connectivity index (χ1n) is 6.98. The van der Waals surface area contributed by atoms with Crippen LogP contribution in [0.1, 0.15) is 30.5 Å². The van der Waals surface area contributed by atoms with Gasteiger partial charge in [0.15, 0.2) is 0 Å². The van der Waals surface area contributed by atoms with Crippen LogP contribution in [0.2, 0.25) is 0 Å². The molecule has 2 rings (SSSR count). The number of ether oxygens (including phenoxy) is 1. The molecule has 112 valence electrons. The van der Waals surface area contributed by atoms with Crippen molar-refractivity contribution in [1.82, 2.24) is 5.32 Å². The molecule has 0 aliphatic heterocycles. The van der Waals surface area contributed by atoms with Gasteiger partial charge < -0.3 is 10.1 Å². The number of halogens is 2. The predicted molar refractivity (Wildman–Crippen MR) is 79.2 cm³/mol. The van der Waals surface area contributed by atoms with Crippen LogP contribution in [0, 0.1) is 11.6 Å². The van der Waals surface area contributed by atoms with Crippen molar-refractivity contribution in [3.05, 3.63) is 65.2 Å². The van der Waals surface area contributed by atoms with Gasteiger partial charge >= 0.3 is 0 Å². The average molecular weight is 291 g/mol. The van der Waals surface area contributed by atoms with E-state index >= 15 is 0 Å². The van der Waals surface area contributed by atoms with Crippen LogP contribution in [0.4, 0.5) is 8.78 Å². The molecule has 1 N–H and O–H groups in total. The second-order valence-corrected chi connectivity index (χ2v) is 4.81. The first-order valence-corrected chi connectivity index (χ1v) is 6.98. The first-order chi connectivity index (χ1) is 10.2. The molecule has 21 heavy (non-hydrogen) atoms. The normalized spacial score (nSPS) is 12.2. The predicted octanol–water partition coefficient (Wildman–Crippen LogP) is 4.21. The third-order valence-corrected chi connectivity index (χ3v) is 3.44. The molecule has 0 aliphatic carbocycles. The van der Waals surface area contributed by atoms with Crippen LogP contribution in [0.15, 0.2) is 42.5 Å². The number of hydrogen-bond acceptors (Lipinski definition) is 2. The average Bonchev–Trinajstić information content (AvgIpc) is 2.50. The van der Waals surface area contributed by atoms with Crippen LogP contribution in [-0.4, -0.2) is 7.05 Å². The van der Waals surface area contributed by atoms with Crippen molar-refractivity contribution in [3.8, 4) is 5.75 Å². The fraction of sp³-hybridized carbons (Fsp3) is 0.294. The van der Waals surface area contributed by atoms with E-state index in [-0.39, 0.29) is 18.2 Å². The van der Waals surface area contributed by atoms with Gasteiger partial charge in [0.25, 0.3) is 0 Å². The Hall–Kier alpha value is -1.94. The summed E-state index contributed by atoms with van der Waals surface area (Å²) in [6.45, 7) is 2.07. The van der Waals surface area contributed by atoms with Crippen molar-refractivity contribution < 1.29 is 13.5 Å². The minimum Gasteiger partial charge on any atom is -0.488 e. The van der Waals surface area contributed by atoms with Gasteiger partial charge in [-0.2, -0.15) is 0 Å². The van der Waals surface area contributed by atoms with E-state index in [0.29, 0.717) is 5.75 Å². The summed E-state index contributed by atoms with van der Waals surface area (Å²) in [6, 6.07) is 11.2. The molecular weight excluding hydrogens is 272 g/mol. The highest BCUT2D eigenvalue weighted by Crippen LogP contribution is 2.27. The summed E-state index contributed by atoms with van der Waals surface area (Å²) in [6.07, 6.45) is 0.908. The van der Waals surface area contributed by atoms with Crippen molar-refractivity contribution in [2.45, 2.75) is 26.0 Å². The maximum absolute atomic E-state index is 13.6. The summed E-state index contributed by atoms with van der Waals surface area (Å²) in [5.41, 5.74) is 1.22. The zero-order chi connectivity index (χ0) is 15.2. The smallest absolute Gasteiger partial charge is 0.130 e. The Labute approximate surface area is 123 Å². The maximum Gasteiger partial charge on any atom is 0.130 e. The highest BCUT2D eigenvalue weighted by Gasteiger charge is 2.13. The highest BCUT2D eigenvalue weighted by atomic mass is 19.1. The van der Waals surface area contributed by atoms with Crippen molar-refractivity contribution >= 4 is 0 Å². The Bertz CT molecular complexity index is 597. The van der Waals surface area contributed by atoms with Crippen LogP contribution >= 0.6 is 0 Å². The van der Waals surface area contributed by atoms with E-state index in [1.807, 2.05) is 31.3 Å². The summed E-state index contributed by atoms with van der Waals surface area (Å²) in [5, 5.41) is 3.21. The molecule has 0 saturated heterocycles. The van der Waals surface area contributed by atoms with Gasteiger partial charge in [-0.15, -0.1) is 0 Å². The van der Waals surface area contributed by atoms with E-state index in [1.165, 1.54) is 0 Å². The summed E-state index contributed by atoms with van der Waals surface area (Å²) in [5.74, 6) is -0.248. The molecule has 0 aromatic heterocycles. The summed E-state index contributed by atoms with van der Waals surface area (Å²) >= 11 is 0. The molecule has 0 fully saturated rings. The molecule has 2 aromatic rings. The summed E-state index contributed by atoms with van der Waals surface area (Å²) in [7, 11) is 1.89.